The van der Waals surface area contributed by atoms with Crippen molar-refractivity contribution in [3.05, 3.63) is 111 Å². The Bertz CT molecular complexity index is 3490. The van der Waals surface area contributed by atoms with Gasteiger partial charge in [0.25, 0.3) is 17.4 Å². The Morgan fingerprint density at radius 1 is 0.864 bits per heavy atom. The van der Waals surface area contributed by atoms with Gasteiger partial charge in [0.2, 0.25) is 29.2 Å². The number of imide groups is 1. The van der Waals surface area contributed by atoms with Gasteiger partial charge < -0.3 is 65.1 Å². The van der Waals surface area contributed by atoms with Crippen LogP contribution in [0.4, 0.5) is 10.5 Å². The highest BCUT2D eigenvalue weighted by Crippen LogP contribution is 2.43. The number of phenolic OH excluding ortho intramolecular Hbond substituents is 1. The van der Waals surface area contributed by atoms with Gasteiger partial charge in [0.05, 0.1) is 74.7 Å². The first-order valence-corrected chi connectivity index (χ1v) is 29.6. The smallest absolute Gasteiger partial charge is 0.508 e. The van der Waals surface area contributed by atoms with Crippen molar-refractivity contribution >= 4 is 64.2 Å². The van der Waals surface area contributed by atoms with Gasteiger partial charge in [0, 0.05) is 53.4 Å². The molecule has 6 amide bonds. The third-order valence-corrected chi connectivity index (χ3v) is 16.0. The van der Waals surface area contributed by atoms with Crippen molar-refractivity contribution in [2.75, 3.05) is 64.6 Å². The fraction of sp³-hybridized carbons (Fsp3) is 0.475. The van der Waals surface area contributed by atoms with Crippen LogP contribution in [0.2, 0.25) is 0 Å². The van der Waals surface area contributed by atoms with Crippen molar-refractivity contribution in [2.24, 2.45) is 17.6 Å². The number of nitrogens with zero attached hydrogens (tertiary/aromatic N) is 6. The third-order valence-electron chi connectivity index (χ3n) is 16.0. The quantitative estimate of drug-likeness (QED) is 0.0214. The van der Waals surface area contributed by atoms with E-state index in [1.807, 2.05) is 6.92 Å². The lowest BCUT2D eigenvalue weighted by atomic mass is 9.81. The van der Waals surface area contributed by atoms with Crippen molar-refractivity contribution in [1.82, 2.24) is 45.4 Å². The van der Waals surface area contributed by atoms with Crippen LogP contribution >= 0.6 is 0 Å². The van der Waals surface area contributed by atoms with Gasteiger partial charge in [-0.05, 0) is 118 Å². The fourth-order valence-electron chi connectivity index (χ4n) is 11.3. The highest BCUT2D eigenvalue weighted by Gasteiger charge is 2.51. The molecule has 27 nitrogen and oxygen atoms in total. The fourth-order valence-corrected chi connectivity index (χ4v) is 11.3. The van der Waals surface area contributed by atoms with Gasteiger partial charge in [-0.25, -0.2) is 19.3 Å². The number of aryl methyl sites for hydroxylation is 1. The Hall–Kier alpha value is -8.92. The summed E-state index contributed by atoms with van der Waals surface area (Å²) in [5, 5.41) is 30.2. The van der Waals surface area contributed by atoms with Gasteiger partial charge in [-0.3, -0.25) is 38.5 Å². The number of cyclic esters (lactones) is 1. The van der Waals surface area contributed by atoms with E-state index in [9.17, 15) is 48.3 Å². The summed E-state index contributed by atoms with van der Waals surface area (Å²) in [5.41, 5.74) is 8.47. The minimum Gasteiger partial charge on any atom is -0.508 e. The van der Waals surface area contributed by atoms with Crippen LogP contribution in [-0.2, 0) is 107 Å². The van der Waals surface area contributed by atoms with Crippen molar-refractivity contribution in [1.29, 1.82) is 0 Å². The number of hydrogen-bond acceptors (Lipinski definition) is 20. The van der Waals surface area contributed by atoms with Crippen molar-refractivity contribution in [3.63, 3.8) is 0 Å². The number of aromatic hydroxyl groups is 1. The zero-order chi connectivity index (χ0) is 62.3. The molecule has 0 saturated heterocycles. The van der Waals surface area contributed by atoms with Crippen LogP contribution in [-0.4, -0.2) is 147 Å². The number of nitrogens with two attached hydrogens (primary N) is 1. The molecule has 0 bridgehead atoms. The number of fused-ring (bicyclic) bond motifs is 5. The molecule has 3 aromatic heterocycles. The topological polar surface area (TPSA) is 355 Å². The summed E-state index contributed by atoms with van der Waals surface area (Å²) in [6.45, 7) is 5.00. The summed E-state index contributed by atoms with van der Waals surface area (Å²) >= 11 is 0. The number of carbonyl (C=O) groups excluding carboxylic acids is 8. The van der Waals surface area contributed by atoms with Gasteiger partial charge >= 0.3 is 12.1 Å². The number of rotatable bonds is 30. The molecule has 468 valence electrons. The van der Waals surface area contributed by atoms with Crippen LogP contribution in [0.15, 0.2) is 71.7 Å². The first-order chi connectivity index (χ1) is 42.6. The Balaban J connectivity index is 0.641. The first kappa shape index (κ1) is 63.6. The summed E-state index contributed by atoms with van der Waals surface area (Å²) in [6, 6.07) is 11.9. The minimum absolute atomic E-state index is 0.0588. The number of anilines is 1. The number of unbranched alkanes of at least 4 members (excludes halogenated alkanes) is 1. The van der Waals surface area contributed by atoms with Crippen LogP contribution in [0.1, 0.15) is 98.7 Å². The average molecular weight is 1220 g/mol. The lowest BCUT2D eigenvalue weighted by molar-refractivity contribution is -0.175. The van der Waals surface area contributed by atoms with E-state index in [4.69, 9.17) is 39.1 Å². The van der Waals surface area contributed by atoms with Crippen LogP contribution in [0.5, 0.6) is 5.75 Å². The number of nitrogens with one attached hydrogen (secondary N) is 4. The highest BCUT2D eigenvalue weighted by atomic mass is 16.7. The predicted octanol–water partition coefficient (Wildman–Crippen LogP) is 3.07. The van der Waals surface area contributed by atoms with Crippen molar-refractivity contribution in [3.8, 4) is 17.1 Å². The number of pyridine rings is 2. The first-order valence-electron chi connectivity index (χ1n) is 29.6. The van der Waals surface area contributed by atoms with Crippen LogP contribution < -0.4 is 32.6 Å². The molecule has 3 aliphatic heterocycles. The summed E-state index contributed by atoms with van der Waals surface area (Å²) < 4.78 is 36.4. The van der Waals surface area contributed by atoms with Crippen molar-refractivity contribution < 1.29 is 71.9 Å². The second-order valence-electron chi connectivity index (χ2n) is 21.9. The molecule has 0 unspecified atom stereocenters. The number of carbonyl (C=O) groups is 8. The van der Waals surface area contributed by atoms with Crippen molar-refractivity contribution in [2.45, 2.75) is 116 Å². The Morgan fingerprint density at radius 3 is 2.35 bits per heavy atom. The van der Waals surface area contributed by atoms with E-state index in [0.29, 0.717) is 92.2 Å². The molecule has 4 aliphatic rings. The largest absolute Gasteiger partial charge is 0.510 e. The molecular formula is C61H73N11O16. The third kappa shape index (κ3) is 15.4. The standard InChI is InChI=1S/C61H73N11O16/c1-3-43-44-27-42(73)16-17-48(44)67-55-45(43)32-71-50(55)28-47-46(58(71)80)34-86-59(81)61(47,4-2)88-60(82)87-33-38-10-14-40(15-11-38)65-57(79)49(7-5-6-20-62)66-52(75)36-85-35-51(74)63-21-23-83-25-26-84-24-22-70-31-41(68-69-70)29-64-56(78)39-12-8-37(9-13-39)30-72-53(76)18-19-54(72)77/h10-11,14-19,27-28,31,37,39,49,73H,3-9,12-13,20-26,29-30,32-36,62H2,1-2H3,(H,63,74)(H,64,78)(H,65,79)(H,66,75)/t37?,39?,49-,61-/m0/s1. The van der Waals surface area contributed by atoms with Crippen LogP contribution in [0.3, 0.4) is 0 Å². The second-order valence-corrected chi connectivity index (χ2v) is 21.9. The molecule has 6 heterocycles. The molecular weight excluding hydrogens is 1140 g/mol. The molecule has 9 rings (SSSR count). The predicted molar refractivity (Wildman–Crippen MR) is 313 cm³/mol. The highest BCUT2D eigenvalue weighted by molar-refractivity contribution is 6.12. The number of ether oxygens (including phenoxy) is 6. The molecule has 0 spiro atoms. The van der Waals surface area contributed by atoms with Crippen LogP contribution in [0.25, 0.3) is 22.3 Å². The molecule has 5 aromatic rings. The monoisotopic (exact) mass is 1220 g/mol. The molecule has 2 atom stereocenters. The maximum atomic E-state index is 14.1. The van der Waals surface area contributed by atoms with E-state index in [2.05, 4.69) is 31.6 Å². The normalized spacial score (nSPS) is 17.9. The van der Waals surface area contributed by atoms with E-state index in [1.165, 1.54) is 23.1 Å². The van der Waals surface area contributed by atoms with E-state index in [-0.39, 0.29) is 112 Å². The molecule has 2 aromatic carbocycles. The maximum Gasteiger partial charge on any atom is 0.510 e. The Kier molecular flexibility index (Phi) is 21.4. The molecule has 27 heteroatoms. The lowest BCUT2D eigenvalue weighted by Gasteiger charge is -2.35. The van der Waals surface area contributed by atoms with Gasteiger partial charge in [0.1, 0.15) is 43.9 Å². The Morgan fingerprint density at radius 2 is 1.61 bits per heavy atom. The van der Waals surface area contributed by atoms with Gasteiger partial charge in [-0.2, -0.15) is 0 Å². The molecule has 0 radical (unpaired) electrons. The molecule has 1 saturated carbocycles. The van der Waals surface area contributed by atoms with E-state index >= 15 is 0 Å². The zero-order valence-corrected chi connectivity index (χ0v) is 49.2. The molecule has 1 aliphatic carbocycles. The number of amides is 6. The van der Waals surface area contributed by atoms with E-state index in [0.717, 1.165) is 29.4 Å². The molecule has 88 heavy (non-hydrogen) atoms. The summed E-state index contributed by atoms with van der Waals surface area (Å²) in [6.07, 6.45) is 7.92. The number of hydrogen-bond donors (Lipinski definition) is 6. The molecule has 1 fully saturated rings. The summed E-state index contributed by atoms with van der Waals surface area (Å²) in [5.74, 6) is -2.96. The second kappa shape index (κ2) is 29.7. The SMILES string of the molecule is CCc1c2c(nc3ccc(O)cc13)-c1cc3c(c(=O)n1C2)COC(=O)[C@@]3(CC)OC(=O)OCc1ccc(NC(=O)[C@H](CCCCN)NC(=O)COCC(=O)NCCOCCOCCn2cc(CNC(=O)C3CCC(CN4C(=O)C=CC4=O)CC3)nn2)cc1. The van der Waals surface area contributed by atoms with E-state index in [1.54, 1.807) is 64.8 Å². The summed E-state index contributed by atoms with van der Waals surface area (Å²) in [4.78, 5) is 123. The zero-order valence-electron chi connectivity index (χ0n) is 49.2. The van der Waals surface area contributed by atoms with E-state index < -0.39 is 60.3 Å². The number of esters is 1. The molecule has 7 N–H and O–H groups in total. The average Bonchev–Trinajstić information content (AvgIpc) is 1.54. The number of aromatic nitrogens is 5. The number of phenols is 1. The minimum atomic E-state index is -2.01. The lowest BCUT2D eigenvalue weighted by Crippen LogP contribution is -2.47. The van der Waals surface area contributed by atoms with Gasteiger partial charge in [-0.15, -0.1) is 5.10 Å². The maximum absolute atomic E-state index is 14.1. The Labute approximate surface area is 505 Å². The summed E-state index contributed by atoms with van der Waals surface area (Å²) in [7, 11) is 0. The van der Waals surface area contributed by atoms with Gasteiger partial charge in [-0.1, -0.05) is 31.2 Å². The number of benzene rings is 2. The van der Waals surface area contributed by atoms with Crippen LogP contribution in [0, 0.1) is 11.8 Å². The van der Waals surface area contributed by atoms with Gasteiger partial charge in [0.15, 0.2) is 0 Å².